The number of aryl methyl sites for hydroxylation is 1. The van der Waals surface area contributed by atoms with Crippen LogP contribution >= 0.6 is 0 Å². The van der Waals surface area contributed by atoms with Gasteiger partial charge in [-0.1, -0.05) is 109 Å². The average Bonchev–Trinajstić information content (AvgIpc) is 3.75. The molecule has 56 heavy (non-hydrogen) atoms. The lowest BCUT2D eigenvalue weighted by Gasteiger charge is -2.21. The molecular weight excluding hydrogens is 712 g/mol. The van der Waals surface area contributed by atoms with Crippen LogP contribution < -0.4 is 0 Å². The highest BCUT2D eigenvalue weighted by molar-refractivity contribution is 6.13. The maximum atomic E-state index is 15.7. The Morgan fingerprint density at radius 2 is 0.732 bits per heavy atom. The van der Waals surface area contributed by atoms with Gasteiger partial charge in [0.25, 0.3) is 0 Å². The average molecular weight is 741 g/mol. The zero-order valence-electron chi connectivity index (χ0n) is 29.8. The Kier molecular flexibility index (Phi) is 7.68. The summed E-state index contributed by atoms with van der Waals surface area (Å²) < 4.78 is 79.5. The molecule has 0 spiro atoms. The monoisotopic (exact) mass is 740 g/mol. The van der Waals surface area contributed by atoms with Crippen molar-refractivity contribution in [2.45, 2.75) is 6.92 Å². The molecule has 0 radical (unpaired) electrons. The van der Waals surface area contributed by atoms with E-state index in [1.54, 1.807) is 19.1 Å². The smallest absolute Gasteiger partial charge is 0.200 e. The highest BCUT2D eigenvalue weighted by Crippen LogP contribution is 2.43. The Hall–Kier alpha value is -6.99. The van der Waals surface area contributed by atoms with E-state index in [4.69, 9.17) is 0 Å². The fourth-order valence-corrected chi connectivity index (χ4v) is 8.24. The molecule has 7 heteroatoms. The number of hydrogen-bond acceptors (Lipinski definition) is 0. The molecule has 0 N–H and O–H groups in total. The van der Waals surface area contributed by atoms with Gasteiger partial charge in [-0.2, -0.15) is 0 Å². The Bertz CT molecular complexity index is 3170. The lowest BCUT2D eigenvalue weighted by Crippen LogP contribution is -2.08. The summed E-state index contributed by atoms with van der Waals surface area (Å²) in [4.78, 5) is 0. The molecule has 0 fully saturated rings. The first-order chi connectivity index (χ1) is 27.3. The Morgan fingerprint density at radius 1 is 0.339 bits per heavy atom. The third kappa shape index (κ3) is 5.00. The van der Waals surface area contributed by atoms with Gasteiger partial charge in [0.2, 0.25) is 5.82 Å². The lowest BCUT2D eigenvalue weighted by atomic mass is 9.96. The van der Waals surface area contributed by atoms with Crippen molar-refractivity contribution in [1.29, 1.82) is 0 Å². The first-order valence-corrected chi connectivity index (χ1v) is 18.1. The highest BCUT2D eigenvalue weighted by Gasteiger charge is 2.29. The SMILES string of the molecule is Cc1cc(-n2c3ccccc3c3cc(-c4ccccc4)ccc32)c(-n2c3ccccc3c3cc(-c4ccccc4)ccc32)cc1-c1c(F)c(F)c(F)c(F)c1F. The second-order valence-corrected chi connectivity index (χ2v) is 14.0. The molecule has 2 heterocycles. The van der Waals surface area contributed by atoms with Gasteiger partial charge in [-0.25, -0.2) is 22.0 Å². The quantitative estimate of drug-likeness (QED) is 0.0945. The summed E-state index contributed by atoms with van der Waals surface area (Å²) in [5.41, 5.74) is 7.87. The number of para-hydroxylation sites is 2. The molecule has 0 bridgehead atoms. The molecule has 10 aromatic rings. The van der Waals surface area contributed by atoms with Crippen molar-refractivity contribution >= 4 is 43.6 Å². The van der Waals surface area contributed by atoms with Crippen molar-refractivity contribution in [3.8, 4) is 44.8 Å². The lowest BCUT2D eigenvalue weighted by molar-refractivity contribution is 0.381. The Morgan fingerprint density at radius 3 is 1.21 bits per heavy atom. The topological polar surface area (TPSA) is 9.86 Å². The zero-order chi connectivity index (χ0) is 38.2. The van der Waals surface area contributed by atoms with Gasteiger partial charge in [-0.15, -0.1) is 0 Å². The number of halogens is 5. The second-order valence-electron chi connectivity index (χ2n) is 14.0. The van der Waals surface area contributed by atoms with E-state index < -0.39 is 34.6 Å². The van der Waals surface area contributed by atoms with E-state index in [9.17, 15) is 13.2 Å². The van der Waals surface area contributed by atoms with Gasteiger partial charge in [0.1, 0.15) is 0 Å². The summed E-state index contributed by atoms with van der Waals surface area (Å²) in [6.45, 7) is 1.63. The van der Waals surface area contributed by atoms with Gasteiger partial charge in [-0.3, -0.25) is 0 Å². The summed E-state index contributed by atoms with van der Waals surface area (Å²) >= 11 is 0. The van der Waals surface area contributed by atoms with Gasteiger partial charge in [0, 0.05) is 21.5 Å². The van der Waals surface area contributed by atoms with Crippen LogP contribution in [-0.4, -0.2) is 9.13 Å². The Balaban J connectivity index is 1.34. The third-order valence-corrected chi connectivity index (χ3v) is 10.8. The molecule has 0 unspecified atom stereocenters. The summed E-state index contributed by atoms with van der Waals surface area (Å²) in [5, 5.41) is 3.84. The molecule has 270 valence electrons. The number of hydrogen-bond donors (Lipinski definition) is 0. The van der Waals surface area contributed by atoms with E-state index in [0.717, 1.165) is 65.9 Å². The van der Waals surface area contributed by atoms with Gasteiger partial charge in [0.15, 0.2) is 23.3 Å². The van der Waals surface area contributed by atoms with E-state index in [2.05, 4.69) is 47.0 Å². The molecule has 0 atom stereocenters. The summed E-state index contributed by atoms with van der Waals surface area (Å²) in [6.07, 6.45) is 0. The van der Waals surface area contributed by atoms with Crippen molar-refractivity contribution in [1.82, 2.24) is 9.13 Å². The fourth-order valence-electron chi connectivity index (χ4n) is 8.24. The molecule has 0 aliphatic carbocycles. The largest absolute Gasteiger partial charge is 0.307 e. The van der Waals surface area contributed by atoms with Crippen LogP contribution in [0, 0.1) is 36.0 Å². The van der Waals surface area contributed by atoms with Gasteiger partial charge in [0.05, 0.1) is 39.0 Å². The van der Waals surface area contributed by atoms with Crippen molar-refractivity contribution < 1.29 is 22.0 Å². The number of benzene rings is 8. The van der Waals surface area contributed by atoms with E-state index in [0.29, 0.717) is 16.9 Å². The van der Waals surface area contributed by atoms with E-state index in [1.807, 2.05) is 108 Å². The summed E-state index contributed by atoms with van der Waals surface area (Å²) in [6, 6.07) is 51.8. The standard InChI is InChI=1S/C49H29F5N2/c1-28-24-42(55-38-18-10-8-16-33(38)36-25-31(20-22-40(36)55)29-12-4-2-5-13-29)43(27-35(28)44-45(50)47(52)49(54)48(53)46(44)51)56-39-19-11-9-17-34(39)37-26-32(21-23-41(37)56)30-14-6-3-7-15-30/h2-27H,1H3. The number of aromatic nitrogens is 2. The molecule has 2 aromatic heterocycles. The minimum atomic E-state index is -2.20. The van der Waals surface area contributed by atoms with Crippen LogP contribution in [0.25, 0.3) is 88.4 Å². The van der Waals surface area contributed by atoms with Crippen LogP contribution in [0.5, 0.6) is 0 Å². The molecule has 2 nitrogen and oxygen atoms in total. The summed E-state index contributed by atoms with van der Waals surface area (Å²) in [7, 11) is 0. The molecule has 0 saturated heterocycles. The van der Waals surface area contributed by atoms with Crippen molar-refractivity contribution in [3.63, 3.8) is 0 Å². The Labute approximate surface area is 317 Å². The van der Waals surface area contributed by atoms with Crippen LogP contribution in [0.1, 0.15) is 5.56 Å². The first kappa shape index (κ1) is 33.6. The third-order valence-electron chi connectivity index (χ3n) is 10.8. The number of fused-ring (bicyclic) bond motifs is 6. The normalized spacial score (nSPS) is 11.8. The van der Waals surface area contributed by atoms with Crippen LogP contribution in [0.3, 0.4) is 0 Å². The van der Waals surface area contributed by atoms with Crippen LogP contribution in [0.4, 0.5) is 22.0 Å². The first-order valence-electron chi connectivity index (χ1n) is 18.1. The van der Waals surface area contributed by atoms with Crippen molar-refractivity contribution in [2.75, 3.05) is 0 Å². The summed E-state index contributed by atoms with van der Waals surface area (Å²) in [5.74, 6) is -9.96. The number of nitrogens with zero attached hydrogens (tertiary/aromatic N) is 2. The van der Waals surface area contributed by atoms with E-state index >= 15 is 8.78 Å². The number of rotatable bonds is 5. The van der Waals surface area contributed by atoms with Crippen molar-refractivity contribution in [2.24, 2.45) is 0 Å². The zero-order valence-corrected chi connectivity index (χ0v) is 29.8. The van der Waals surface area contributed by atoms with Crippen LogP contribution in [0.2, 0.25) is 0 Å². The molecular formula is C49H29F5N2. The van der Waals surface area contributed by atoms with Gasteiger partial charge < -0.3 is 9.13 Å². The van der Waals surface area contributed by atoms with E-state index in [-0.39, 0.29) is 5.56 Å². The molecule has 0 aliphatic heterocycles. The van der Waals surface area contributed by atoms with Crippen LogP contribution in [-0.2, 0) is 0 Å². The molecule has 0 saturated carbocycles. The van der Waals surface area contributed by atoms with Gasteiger partial charge >= 0.3 is 0 Å². The van der Waals surface area contributed by atoms with E-state index in [1.165, 1.54) is 0 Å². The molecule has 8 aromatic carbocycles. The minimum absolute atomic E-state index is 0.115. The fraction of sp³-hybridized carbons (Fsp3) is 0.0204. The van der Waals surface area contributed by atoms with Gasteiger partial charge in [-0.05, 0) is 88.8 Å². The minimum Gasteiger partial charge on any atom is -0.307 e. The maximum absolute atomic E-state index is 15.7. The van der Waals surface area contributed by atoms with Crippen LogP contribution in [0.15, 0.2) is 158 Å². The maximum Gasteiger partial charge on any atom is 0.200 e. The molecule has 10 rings (SSSR count). The highest BCUT2D eigenvalue weighted by atomic mass is 19.2. The van der Waals surface area contributed by atoms with Crippen molar-refractivity contribution in [3.05, 3.63) is 192 Å². The predicted octanol–water partition coefficient (Wildman–Crippen LogP) is 13.9. The molecule has 0 aliphatic rings. The predicted molar refractivity (Wildman–Crippen MR) is 216 cm³/mol. The second kappa shape index (κ2) is 12.8. The molecule has 0 amide bonds.